The first-order valence-electron chi connectivity index (χ1n) is 7.56. The third-order valence-corrected chi connectivity index (χ3v) is 5.94. The van der Waals surface area contributed by atoms with E-state index in [2.05, 4.69) is 0 Å². The van der Waals surface area contributed by atoms with E-state index in [4.69, 9.17) is 5.73 Å². The fourth-order valence-electron chi connectivity index (χ4n) is 2.43. The molecule has 0 saturated heterocycles. The first-order valence-corrected chi connectivity index (χ1v) is 9.47. The lowest BCUT2D eigenvalue weighted by molar-refractivity contribution is -0.141. The highest BCUT2D eigenvalue weighted by molar-refractivity contribution is 7.58. The highest BCUT2D eigenvalue weighted by Crippen LogP contribution is 2.48. The van der Waals surface area contributed by atoms with Gasteiger partial charge in [0.2, 0.25) is 7.37 Å². The molecule has 1 rings (SSSR count). The summed E-state index contributed by atoms with van der Waals surface area (Å²) in [5.41, 5.74) is 6.92. The summed E-state index contributed by atoms with van der Waals surface area (Å²) in [6.07, 6.45) is 1.10. The van der Waals surface area contributed by atoms with Gasteiger partial charge in [0.15, 0.2) is 0 Å². The van der Waals surface area contributed by atoms with Crippen molar-refractivity contribution < 1.29 is 19.4 Å². The van der Waals surface area contributed by atoms with Gasteiger partial charge in [-0.2, -0.15) is 0 Å². The maximum Gasteiger partial charge on any atom is 0.307 e. The quantitative estimate of drug-likeness (QED) is 0.605. The van der Waals surface area contributed by atoms with Crippen molar-refractivity contribution in [3.05, 3.63) is 35.9 Å². The number of carboxylic acid groups (broad SMARTS) is 1. The molecule has 0 fully saturated rings. The normalized spacial score (nSPS) is 17.0. The van der Waals surface area contributed by atoms with Crippen LogP contribution in [0.5, 0.6) is 0 Å². The molecule has 124 valence electrons. The fraction of sp³-hybridized carbons (Fsp3) is 0.562. The lowest BCUT2D eigenvalue weighted by Crippen LogP contribution is -2.28. The molecule has 3 atom stereocenters. The molecule has 3 unspecified atom stereocenters. The average Bonchev–Trinajstić information content (AvgIpc) is 2.44. The number of hydrogen-bond donors (Lipinski definition) is 3. The van der Waals surface area contributed by atoms with Gasteiger partial charge in [-0.25, -0.2) is 0 Å². The van der Waals surface area contributed by atoms with Gasteiger partial charge < -0.3 is 15.7 Å². The Hall–Kier alpha value is -1.16. The van der Waals surface area contributed by atoms with E-state index in [9.17, 15) is 19.4 Å². The standard InChI is InChI=1S/C16H26NO4P/c1-12(2)10-14(16(18)19)11-22(20,21)15(17)9-8-13-6-4-3-5-7-13/h3-7,12,14-15H,8-11,17H2,1-2H3,(H,18,19)(H,20,21). The average molecular weight is 327 g/mol. The number of rotatable bonds is 9. The van der Waals surface area contributed by atoms with Gasteiger partial charge in [0.05, 0.1) is 11.7 Å². The van der Waals surface area contributed by atoms with Crippen molar-refractivity contribution in [1.29, 1.82) is 0 Å². The molecule has 6 heteroatoms. The van der Waals surface area contributed by atoms with Crippen LogP contribution in [0.15, 0.2) is 30.3 Å². The zero-order valence-corrected chi connectivity index (χ0v) is 14.1. The summed E-state index contributed by atoms with van der Waals surface area (Å²) in [6, 6.07) is 9.59. The van der Waals surface area contributed by atoms with E-state index in [1.807, 2.05) is 44.2 Å². The van der Waals surface area contributed by atoms with E-state index < -0.39 is 25.0 Å². The largest absolute Gasteiger partial charge is 0.481 e. The zero-order valence-electron chi connectivity index (χ0n) is 13.2. The predicted molar refractivity (Wildman–Crippen MR) is 88.0 cm³/mol. The molecule has 0 bridgehead atoms. The van der Waals surface area contributed by atoms with Crippen LogP contribution in [0.4, 0.5) is 0 Å². The van der Waals surface area contributed by atoms with E-state index in [0.717, 1.165) is 5.56 Å². The van der Waals surface area contributed by atoms with Crippen molar-refractivity contribution in [2.24, 2.45) is 17.6 Å². The van der Waals surface area contributed by atoms with Crippen molar-refractivity contribution in [2.75, 3.05) is 6.16 Å². The maximum atomic E-state index is 12.4. The Balaban J connectivity index is 2.63. The maximum absolute atomic E-state index is 12.4. The van der Waals surface area contributed by atoms with E-state index in [1.54, 1.807) is 0 Å². The van der Waals surface area contributed by atoms with Gasteiger partial charge in [0.25, 0.3) is 0 Å². The lowest BCUT2D eigenvalue weighted by Gasteiger charge is -2.23. The van der Waals surface area contributed by atoms with Gasteiger partial charge in [-0.3, -0.25) is 9.36 Å². The molecule has 1 aromatic carbocycles. The van der Waals surface area contributed by atoms with Crippen molar-refractivity contribution >= 4 is 13.3 Å². The molecular weight excluding hydrogens is 301 g/mol. The molecule has 0 aromatic heterocycles. The molecular formula is C16H26NO4P. The molecule has 0 saturated carbocycles. The summed E-state index contributed by atoms with van der Waals surface area (Å²) < 4.78 is 12.4. The van der Waals surface area contributed by atoms with Crippen LogP contribution in [0, 0.1) is 11.8 Å². The third kappa shape index (κ3) is 6.30. The number of benzene rings is 1. The summed E-state index contributed by atoms with van der Waals surface area (Å²) >= 11 is 0. The fourth-order valence-corrected chi connectivity index (χ4v) is 4.17. The van der Waals surface area contributed by atoms with Crippen LogP contribution in [0.2, 0.25) is 0 Å². The van der Waals surface area contributed by atoms with Crippen molar-refractivity contribution in [2.45, 2.75) is 38.9 Å². The molecule has 0 spiro atoms. The topological polar surface area (TPSA) is 101 Å². The molecule has 0 aliphatic rings. The Morgan fingerprint density at radius 2 is 1.86 bits per heavy atom. The smallest absolute Gasteiger partial charge is 0.307 e. The molecule has 5 nitrogen and oxygen atoms in total. The SMILES string of the molecule is CC(C)CC(CP(=O)(O)C(N)CCc1ccccc1)C(=O)O. The van der Waals surface area contributed by atoms with Gasteiger partial charge >= 0.3 is 5.97 Å². The van der Waals surface area contributed by atoms with E-state index >= 15 is 0 Å². The Kier molecular flexibility index (Phi) is 7.27. The van der Waals surface area contributed by atoms with E-state index in [0.29, 0.717) is 19.3 Å². The minimum absolute atomic E-state index is 0.154. The van der Waals surface area contributed by atoms with Crippen LogP contribution in [-0.4, -0.2) is 27.9 Å². The number of aliphatic carboxylic acids is 1. The molecule has 0 heterocycles. The second-order valence-corrected chi connectivity index (χ2v) is 8.73. The zero-order chi connectivity index (χ0) is 16.8. The molecule has 22 heavy (non-hydrogen) atoms. The van der Waals surface area contributed by atoms with Crippen LogP contribution < -0.4 is 5.73 Å². The number of carbonyl (C=O) groups is 1. The Morgan fingerprint density at radius 3 is 2.36 bits per heavy atom. The lowest BCUT2D eigenvalue weighted by atomic mass is 9.99. The van der Waals surface area contributed by atoms with Crippen LogP contribution in [0.25, 0.3) is 0 Å². The molecule has 0 aliphatic carbocycles. The number of hydrogen-bond acceptors (Lipinski definition) is 3. The van der Waals surface area contributed by atoms with Crippen LogP contribution in [0.1, 0.15) is 32.3 Å². The molecule has 0 radical (unpaired) electrons. The van der Waals surface area contributed by atoms with Crippen molar-refractivity contribution in [3.63, 3.8) is 0 Å². The minimum atomic E-state index is -3.69. The van der Waals surface area contributed by atoms with Crippen LogP contribution in [0.3, 0.4) is 0 Å². The number of aryl methyl sites for hydroxylation is 1. The van der Waals surface area contributed by atoms with Gasteiger partial charge in [-0.05, 0) is 30.7 Å². The predicted octanol–water partition coefficient (Wildman–Crippen LogP) is 2.92. The molecule has 0 amide bonds. The van der Waals surface area contributed by atoms with Crippen LogP contribution >= 0.6 is 7.37 Å². The first kappa shape index (κ1) is 18.9. The van der Waals surface area contributed by atoms with Gasteiger partial charge in [-0.1, -0.05) is 44.2 Å². The van der Waals surface area contributed by atoms with Crippen molar-refractivity contribution in [3.8, 4) is 0 Å². The molecule has 1 aromatic rings. The van der Waals surface area contributed by atoms with Gasteiger partial charge in [0.1, 0.15) is 0 Å². The summed E-state index contributed by atoms with van der Waals surface area (Å²) in [7, 11) is -3.69. The Morgan fingerprint density at radius 1 is 1.27 bits per heavy atom. The number of nitrogens with two attached hydrogens (primary N) is 1. The van der Waals surface area contributed by atoms with Crippen molar-refractivity contribution in [1.82, 2.24) is 0 Å². The highest BCUT2D eigenvalue weighted by Gasteiger charge is 2.34. The monoisotopic (exact) mass is 327 g/mol. The van der Waals surface area contributed by atoms with Crippen LogP contribution in [-0.2, 0) is 15.8 Å². The number of carboxylic acids is 1. The van der Waals surface area contributed by atoms with Gasteiger partial charge in [0, 0.05) is 6.16 Å². The highest BCUT2D eigenvalue weighted by atomic mass is 31.2. The third-order valence-electron chi connectivity index (χ3n) is 3.68. The van der Waals surface area contributed by atoms with E-state index in [1.165, 1.54) is 0 Å². The van der Waals surface area contributed by atoms with E-state index in [-0.39, 0.29) is 12.1 Å². The summed E-state index contributed by atoms with van der Waals surface area (Å²) in [5, 5.41) is 9.20. The second-order valence-electron chi connectivity index (χ2n) is 6.19. The minimum Gasteiger partial charge on any atom is -0.481 e. The summed E-state index contributed by atoms with van der Waals surface area (Å²) in [4.78, 5) is 21.4. The molecule has 0 aliphatic heterocycles. The summed E-state index contributed by atoms with van der Waals surface area (Å²) in [5.74, 6) is -2.58. The second kappa shape index (κ2) is 8.47. The summed E-state index contributed by atoms with van der Waals surface area (Å²) in [6.45, 7) is 3.79. The molecule has 4 N–H and O–H groups in total. The van der Waals surface area contributed by atoms with Gasteiger partial charge in [-0.15, -0.1) is 0 Å². The first-order chi connectivity index (χ1) is 10.2. The Bertz CT molecular complexity index is 518. The Labute approximate surface area is 132 Å².